The van der Waals surface area contributed by atoms with Crippen LogP contribution in [0.3, 0.4) is 0 Å². The van der Waals surface area contributed by atoms with Crippen molar-refractivity contribution in [3.63, 3.8) is 0 Å². The number of carbonyl (C=O) groups excluding carboxylic acids is 2. The lowest BCUT2D eigenvalue weighted by atomic mass is 9.78. The van der Waals surface area contributed by atoms with Gasteiger partial charge in [0.1, 0.15) is 11.9 Å². The Hall–Kier alpha value is -3.63. The number of nitrogens with one attached hydrogen (secondary N) is 2. The number of carbonyl (C=O) groups is 2. The van der Waals surface area contributed by atoms with E-state index in [1.807, 2.05) is 24.9 Å². The number of rotatable bonds is 7. The molecule has 3 atom stereocenters. The second-order valence-electron chi connectivity index (χ2n) is 13.2. The molecule has 2 fully saturated rings. The first-order valence-corrected chi connectivity index (χ1v) is 15.1. The van der Waals surface area contributed by atoms with Gasteiger partial charge in [-0.05, 0) is 68.1 Å². The van der Waals surface area contributed by atoms with E-state index in [1.54, 1.807) is 0 Å². The van der Waals surface area contributed by atoms with Gasteiger partial charge in [0.15, 0.2) is 0 Å². The Morgan fingerprint density at radius 2 is 1.56 bits per heavy atom. The summed E-state index contributed by atoms with van der Waals surface area (Å²) >= 11 is 0. The minimum Gasteiger partial charge on any atom is -0.453 e. The number of ether oxygens (including phenoxy) is 1. The van der Waals surface area contributed by atoms with Gasteiger partial charge in [-0.3, -0.25) is 4.79 Å². The van der Waals surface area contributed by atoms with E-state index in [9.17, 15) is 9.59 Å². The number of H-pyrrole nitrogens is 1. The average molecular weight is 587 g/mol. The maximum atomic E-state index is 13.6. The molecule has 10 heteroatoms. The fraction of sp³-hybridized carbons (Fsp3) is 0.485. The number of hydrogen-bond donors (Lipinski definition) is 2. The monoisotopic (exact) mass is 586 g/mol. The van der Waals surface area contributed by atoms with Crippen molar-refractivity contribution in [3.05, 3.63) is 60.6 Å². The van der Waals surface area contributed by atoms with Crippen LogP contribution in [0, 0.1) is 11.8 Å². The molecule has 2 aliphatic rings. The molecule has 3 heterocycles. The third-order valence-electron chi connectivity index (χ3n) is 9.06. The Labute approximate surface area is 254 Å². The van der Waals surface area contributed by atoms with Crippen molar-refractivity contribution in [1.29, 1.82) is 0 Å². The summed E-state index contributed by atoms with van der Waals surface area (Å²) in [6.45, 7) is 14.8. The normalized spacial score (nSPS) is 21.7. The van der Waals surface area contributed by atoms with E-state index in [1.165, 1.54) is 7.11 Å². The number of benzene rings is 2. The highest BCUT2D eigenvalue weighted by atomic mass is 16.7. The highest BCUT2D eigenvalue weighted by Gasteiger charge is 2.51. The van der Waals surface area contributed by atoms with E-state index in [2.05, 4.69) is 98.4 Å². The van der Waals surface area contributed by atoms with Gasteiger partial charge in [-0.15, -0.1) is 0 Å². The number of aromatic nitrogens is 2. The molecule has 1 aromatic heterocycles. The molecule has 228 valence electrons. The Kier molecular flexibility index (Phi) is 8.46. The van der Waals surface area contributed by atoms with Crippen molar-refractivity contribution >= 4 is 24.6 Å². The number of amides is 2. The second-order valence-corrected chi connectivity index (χ2v) is 13.2. The van der Waals surface area contributed by atoms with Gasteiger partial charge in [-0.25, -0.2) is 9.78 Å². The van der Waals surface area contributed by atoms with Gasteiger partial charge in [0.05, 0.1) is 36.2 Å². The number of alkyl carbamates (subject to hydrolysis) is 1. The van der Waals surface area contributed by atoms with Crippen LogP contribution in [0.2, 0.25) is 0 Å². The number of methoxy groups -OCH3 is 1. The van der Waals surface area contributed by atoms with Crippen molar-refractivity contribution in [2.24, 2.45) is 11.8 Å². The van der Waals surface area contributed by atoms with Gasteiger partial charge in [-0.1, -0.05) is 69.3 Å². The Morgan fingerprint density at radius 1 is 1.00 bits per heavy atom. The predicted octanol–water partition coefficient (Wildman–Crippen LogP) is 5.33. The molecule has 0 spiro atoms. The molecule has 0 aliphatic carbocycles. The summed E-state index contributed by atoms with van der Waals surface area (Å²) in [6.07, 6.45) is 2.00. The zero-order valence-electron chi connectivity index (χ0n) is 26.4. The molecule has 0 saturated carbocycles. The lowest BCUT2D eigenvalue weighted by Gasteiger charge is -2.32. The van der Waals surface area contributed by atoms with Crippen molar-refractivity contribution in [2.45, 2.75) is 78.2 Å². The van der Waals surface area contributed by atoms with Crippen LogP contribution in [0.25, 0.3) is 22.4 Å². The molecule has 0 radical (unpaired) electrons. The zero-order chi connectivity index (χ0) is 31.1. The summed E-state index contributed by atoms with van der Waals surface area (Å²) < 4.78 is 17.1. The SMILES string of the molecule is COC(=O)NC(C(=O)N1CC(C)CC1c1ncc(-c2ccc(-c3ccc(B4OC(C)(C)C(C)(C)O4)cc3)cc2)[nH]1)C(C)C. The zero-order valence-corrected chi connectivity index (χ0v) is 26.4. The summed E-state index contributed by atoms with van der Waals surface area (Å²) in [5.74, 6) is 0.842. The number of hydrogen-bond acceptors (Lipinski definition) is 6. The average Bonchev–Trinajstić information content (AvgIpc) is 3.66. The van der Waals surface area contributed by atoms with Crippen molar-refractivity contribution in [2.75, 3.05) is 13.7 Å². The smallest absolute Gasteiger partial charge is 0.453 e. The van der Waals surface area contributed by atoms with Crippen LogP contribution in [0.5, 0.6) is 0 Å². The van der Waals surface area contributed by atoms with Crippen molar-refractivity contribution in [3.8, 4) is 22.4 Å². The Morgan fingerprint density at radius 3 is 2.12 bits per heavy atom. The van der Waals surface area contributed by atoms with E-state index < -0.39 is 12.1 Å². The third kappa shape index (κ3) is 6.22. The number of nitrogens with zero attached hydrogens (tertiary/aromatic N) is 2. The maximum Gasteiger partial charge on any atom is 0.494 e. The molecule has 2 aliphatic heterocycles. The Bertz CT molecular complexity index is 1430. The van der Waals surface area contributed by atoms with Crippen LogP contribution in [-0.2, 0) is 18.8 Å². The molecular weight excluding hydrogens is 543 g/mol. The first kappa shape index (κ1) is 30.8. The van der Waals surface area contributed by atoms with Gasteiger partial charge < -0.3 is 29.2 Å². The molecule has 43 heavy (non-hydrogen) atoms. The minimum absolute atomic E-state index is 0.0892. The van der Waals surface area contributed by atoms with Crippen LogP contribution in [-0.4, -0.2) is 64.9 Å². The highest BCUT2D eigenvalue weighted by molar-refractivity contribution is 6.62. The molecular formula is C33H43BN4O5. The number of aromatic amines is 1. The lowest BCUT2D eigenvalue weighted by molar-refractivity contribution is -0.135. The topological polar surface area (TPSA) is 106 Å². The van der Waals surface area contributed by atoms with Crippen LogP contribution >= 0.6 is 0 Å². The molecule has 0 bridgehead atoms. The maximum absolute atomic E-state index is 13.6. The first-order valence-electron chi connectivity index (χ1n) is 15.1. The summed E-state index contributed by atoms with van der Waals surface area (Å²) in [5, 5.41) is 2.71. The van der Waals surface area contributed by atoms with Crippen molar-refractivity contribution in [1.82, 2.24) is 20.2 Å². The van der Waals surface area contributed by atoms with E-state index in [4.69, 9.17) is 14.0 Å². The number of imidazole rings is 1. The van der Waals surface area contributed by atoms with Gasteiger partial charge in [0.25, 0.3) is 0 Å². The largest absolute Gasteiger partial charge is 0.494 e. The molecule has 9 nitrogen and oxygen atoms in total. The molecule has 3 aromatic rings. The fourth-order valence-electron chi connectivity index (χ4n) is 5.73. The van der Waals surface area contributed by atoms with Crippen LogP contribution in [0.1, 0.15) is 66.8 Å². The predicted molar refractivity (Wildman–Crippen MR) is 168 cm³/mol. The summed E-state index contributed by atoms with van der Waals surface area (Å²) in [4.78, 5) is 35.5. The van der Waals surface area contributed by atoms with E-state index in [0.717, 1.165) is 40.1 Å². The second kappa shape index (κ2) is 11.8. The standard InChI is InChI=1S/C33H43BN4O5/c1-20(2)28(37-31(40)41-8)30(39)38-19-21(3)17-27(38)29-35-18-26(36-29)24-11-9-22(10-12-24)23-13-15-25(16-14-23)34-42-32(4,5)33(6,7)43-34/h9-16,18,20-21,27-28H,17,19H2,1-8H3,(H,35,36)(H,37,40). The third-order valence-corrected chi connectivity index (χ3v) is 9.06. The molecule has 5 rings (SSSR count). The highest BCUT2D eigenvalue weighted by Crippen LogP contribution is 2.37. The van der Waals surface area contributed by atoms with E-state index in [-0.39, 0.29) is 36.2 Å². The molecule has 2 amide bonds. The molecule has 2 aromatic carbocycles. The molecule has 2 saturated heterocycles. The van der Waals surface area contributed by atoms with E-state index in [0.29, 0.717) is 12.5 Å². The summed E-state index contributed by atoms with van der Waals surface area (Å²) in [6, 6.07) is 15.8. The fourth-order valence-corrected chi connectivity index (χ4v) is 5.73. The Balaban J connectivity index is 1.29. The minimum atomic E-state index is -0.673. The van der Waals surface area contributed by atoms with Gasteiger partial charge in [0.2, 0.25) is 5.91 Å². The summed E-state index contributed by atoms with van der Waals surface area (Å²) in [5.41, 5.74) is 4.35. The van der Waals surface area contributed by atoms with Gasteiger partial charge >= 0.3 is 13.2 Å². The van der Waals surface area contributed by atoms with Gasteiger partial charge in [0, 0.05) is 6.54 Å². The van der Waals surface area contributed by atoms with Crippen LogP contribution < -0.4 is 10.8 Å². The molecule has 2 N–H and O–H groups in total. The van der Waals surface area contributed by atoms with E-state index >= 15 is 0 Å². The van der Waals surface area contributed by atoms with Crippen molar-refractivity contribution < 1.29 is 23.6 Å². The van der Waals surface area contributed by atoms with Crippen LogP contribution in [0.4, 0.5) is 4.79 Å². The number of likely N-dealkylation sites (tertiary alicyclic amines) is 1. The lowest BCUT2D eigenvalue weighted by Crippen LogP contribution is -2.51. The van der Waals surface area contributed by atoms with Gasteiger partial charge in [-0.2, -0.15) is 0 Å². The molecule has 3 unspecified atom stereocenters. The van der Waals surface area contributed by atoms with Crippen LogP contribution in [0.15, 0.2) is 54.7 Å². The summed E-state index contributed by atoms with van der Waals surface area (Å²) in [7, 11) is 0.915. The quantitative estimate of drug-likeness (QED) is 0.363. The first-order chi connectivity index (χ1) is 20.3.